The van der Waals surface area contributed by atoms with Crippen molar-refractivity contribution in [2.24, 2.45) is 10.4 Å². The van der Waals surface area contributed by atoms with Crippen molar-refractivity contribution in [3.05, 3.63) is 67.3 Å². The summed E-state index contributed by atoms with van der Waals surface area (Å²) in [6, 6.07) is 0. The molecule has 0 bridgehead atoms. The number of rotatable bonds is 5. The van der Waals surface area contributed by atoms with E-state index >= 15 is 0 Å². The molecule has 2 N–H and O–H groups in total. The van der Waals surface area contributed by atoms with E-state index in [9.17, 15) is 0 Å². The number of nitrogens with two attached hydrogens (primary N) is 1. The zero-order valence-electron chi connectivity index (χ0n) is 14.7. The zero-order valence-corrected chi connectivity index (χ0v) is 16.6. The van der Waals surface area contributed by atoms with Gasteiger partial charge in [-0.25, -0.2) is 0 Å². The van der Waals surface area contributed by atoms with Gasteiger partial charge in [-0.2, -0.15) is 0 Å². The Hall–Kier alpha value is -1.52. The molecule has 0 amide bonds. The van der Waals surface area contributed by atoms with Crippen molar-refractivity contribution in [2.45, 2.75) is 13.8 Å². The molecule has 25 heavy (non-hydrogen) atoms. The predicted octanol–water partition coefficient (Wildman–Crippen LogP) is 4.92. The molecule has 1 rings (SSSR count). The fourth-order valence-corrected chi connectivity index (χ4v) is 1.81. The summed E-state index contributed by atoms with van der Waals surface area (Å²) in [7, 11) is 4.19. The van der Waals surface area contributed by atoms with E-state index in [0.29, 0.717) is 0 Å². The van der Waals surface area contributed by atoms with Crippen LogP contribution in [0.25, 0.3) is 43.4 Å². The van der Waals surface area contributed by atoms with Gasteiger partial charge in [0.2, 0.25) is 0 Å². The summed E-state index contributed by atoms with van der Waals surface area (Å²) in [4.78, 5) is 9.67. The van der Waals surface area contributed by atoms with E-state index < -0.39 is 0 Å². The monoisotopic (exact) mass is 436 g/mol. The average Bonchev–Trinajstić information content (AvgIpc) is 2.40. The van der Waals surface area contributed by atoms with Gasteiger partial charge in [-0.3, -0.25) is 14.8 Å². The molecular formula is C13H24N10Ni2-4. The number of aliphatic imine (C=N–C) groups is 1. The third-order valence-corrected chi connectivity index (χ3v) is 2.27. The van der Waals surface area contributed by atoms with Crippen molar-refractivity contribution in [1.82, 2.24) is 4.90 Å². The fourth-order valence-electron chi connectivity index (χ4n) is 1.81. The maximum atomic E-state index is 6.75. The second-order valence-electron chi connectivity index (χ2n) is 5.41. The summed E-state index contributed by atoms with van der Waals surface area (Å²) < 4.78 is 0. The van der Waals surface area contributed by atoms with E-state index in [4.69, 9.17) is 22.1 Å². The molecule has 0 saturated heterocycles. The Balaban J connectivity index is -0.000000131. The maximum Gasteiger partial charge on any atom is 0.0452 e. The van der Waals surface area contributed by atoms with E-state index in [1.165, 1.54) is 9.82 Å². The molecule has 150 valence electrons. The molecule has 0 atom stereocenters. The van der Waals surface area contributed by atoms with Gasteiger partial charge in [0.15, 0.2) is 0 Å². The van der Waals surface area contributed by atoms with Gasteiger partial charge in [-0.15, -0.1) is 18.3 Å². The van der Waals surface area contributed by atoms with Gasteiger partial charge < -0.3 is 38.5 Å². The molecule has 0 radical (unpaired) electrons. The van der Waals surface area contributed by atoms with Crippen molar-refractivity contribution in [1.29, 1.82) is 0 Å². The molecule has 10 nitrogen and oxygen atoms in total. The summed E-state index contributed by atoms with van der Waals surface area (Å²) in [6.07, 6.45) is 7.93. The maximum absolute atomic E-state index is 6.75. The molecule has 0 aromatic rings. The molecule has 1 heterocycles. The van der Waals surface area contributed by atoms with Crippen LogP contribution in [0.4, 0.5) is 0 Å². The standard InChI is InChI=1S/C13H22N3.2N3.H2N.2Ni/c1-13(2,11-16(3)4)10-14-9-12-7-5-6-8-15-12;2*1-3-2;;;/h5-7,9H,8,10-11H2,1-4H3;;;1H2;;/q4*-1;;. The van der Waals surface area contributed by atoms with Gasteiger partial charge in [0.05, 0.1) is 0 Å². The molecule has 0 saturated carbocycles. The van der Waals surface area contributed by atoms with Crippen LogP contribution >= 0.6 is 0 Å². The molecule has 1 aliphatic rings. The number of nitrogens with zero attached hydrogens (tertiary/aromatic N) is 9. The Morgan fingerprint density at radius 2 is 1.68 bits per heavy atom. The molecule has 12 heteroatoms. The summed E-state index contributed by atoms with van der Waals surface area (Å²) in [5, 5.41) is 4.32. The van der Waals surface area contributed by atoms with E-state index in [0.717, 1.165) is 25.3 Å². The molecule has 0 aliphatic carbocycles. The van der Waals surface area contributed by atoms with Gasteiger partial charge in [0.25, 0.3) is 0 Å². The van der Waals surface area contributed by atoms with Gasteiger partial charge in [0, 0.05) is 52.3 Å². The van der Waals surface area contributed by atoms with E-state index in [2.05, 4.69) is 43.2 Å². The van der Waals surface area contributed by atoms with Crippen LogP contribution in [0.5, 0.6) is 0 Å². The molecule has 0 spiro atoms. The SMILES string of the molecule is CN(C)CC(C)(C)CN=CC1=CC=CC[N-]1.[N-]=[N+]=[N-].[N-]=[N+]=[N-].[NH2-].[Ni].[Ni]. The Labute approximate surface area is 169 Å². The van der Waals surface area contributed by atoms with Crippen LogP contribution in [0.3, 0.4) is 0 Å². The third-order valence-electron chi connectivity index (χ3n) is 2.27. The third kappa shape index (κ3) is 27.6. The van der Waals surface area contributed by atoms with Crippen molar-refractivity contribution in [3.63, 3.8) is 0 Å². The molecule has 0 unspecified atom stereocenters. The minimum Gasteiger partial charge on any atom is -0.693 e. The zero-order chi connectivity index (χ0) is 17.4. The molecule has 0 fully saturated rings. The molecule has 1 aliphatic heterocycles. The summed E-state index contributed by atoms with van der Waals surface area (Å²) >= 11 is 0. The van der Waals surface area contributed by atoms with E-state index in [-0.39, 0.29) is 44.5 Å². The summed E-state index contributed by atoms with van der Waals surface area (Å²) in [6.45, 7) is 7.12. The molecule has 0 aromatic heterocycles. The normalized spacial score (nSPS) is 11.3. The van der Waals surface area contributed by atoms with E-state index in [1.54, 1.807) is 0 Å². The minimum absolute atomic E-state index is 0. The van der Waals surface area contributed by atoms with Crippen LogP contribution in [0.1, 0.15) is 13.8 Å². The van der Waals surface area contributed by atoms with Crippen LogP contribution in [0.2, 0.25) is 0 Å². The average molecular weight is 438 g/mol. The van der Waals surface area contributed by atoms with Crippen LogP contribution in [-0.2, 0) is 33.0 Å². The first-order chi connectivity index (χ1) is 10.3. The Morgan fingerprint density at radius 1 is 1.20 bits per heavy atom. The first-order valence-electron chi connectivity index (χ1n) is 6.48. The van der Waals surface area contributed by atoms with Gasteiger partial charge in [-0.1, -0.05) is 26.0 Å². The minimum atomic E-state index is 0. The van der Waals surface area contributed by atoms with Crippen LogP contribution in [-0.4, -0.2) is 44.8 Å². The van der Waals surface area contributed by atoms with Crippen LogP contribution in [0, 0.1) is 5.41 Å². The number of hydrogen-bond donors (Lipinski definition) is 0. The Bertz CT molecular complexity index is 447. The second-order valence-corrected chi connectivity index (χ2v) is 5.41. The van der Waals surface area contributed by atoms with Crippen LogP contribution in [0.15, 0.2) is 28.9 Å². The Kier molecular flexibility index (Phi) is 31.2. The van der Waals surface area contributed by atoms with Crippen molar-refractivity contribution in [2.75, 3.05) is 33.7 Å². The first-order valence-corrected chi connectivity index (χ1v) is 6.48. The van der Waals surface area contributed by atoms with Gasteiger partial charge >= 0.3 is 0 Å². The van der Waals surface area contributed by atoms with Crippen molar-refractivity contribution < 1.29 is 33.0 Å². The summed E-state index contributed by atoms with van der Waals surface area (Å²) in [5.41, 5.74) is 28.2. The first kappa shape index (κ1) is 34.7. The van der Waals surface area contributed by atoms with Crippen molar-refractivity contribution in [3.8, 4) is 0 Å². The van der Waals surface area contributed by atoms with Gasteiger partial charge in [0.1, 0.15) is 0 Å². The number of allylic oxidation sites excluding steroid dienone is 3. The summed E-state index contributed by atoms with van der Waals surface area (Å²) in [5.74, 6) is 0. The van der Waals surface area contributed by atoms with Crippen molar-refractivity contribution >= 4 is 6.21 Å². The predicted molar refractivity (Wildman–Crippen MR) is 96.6 cm³/mol. The Morgan fingerprint density at radius 3 is 2.04 bits per heavy atom. The van der Waals surface area contributed by atoms with E-state index in [1.807, 2.05) is 24.4 Å². The smallest absolute Gasteiger partial charge is 0.0452 e. The fraction of sp³-hybridized carbons (Fsp3) is 0.615. The topological polar surface area (TPSA) is 181 Å². The quantitative estimate of drug-likeness (QED) is 0.191. The van der Waals surface area contributed by atoms with Gasteiger partial charge in [-0.05, 0) is 19.5 Å². The second kappa shape index (κ2) is 22.5. The molecular weight excluding hydrogens is 414 g/mol. The number of hydrogen-bond acceptors (Lipinski definition) is 2. The molecule has 0 aromatic carbocycles. The van der Waals surface area contributed by atoms with Crippen LogP contribution < -0.4 is 0 Å². The largest absolute Gasteiger partial charge is 0.693 e.